The number of benzene rings is 1. The van der Waals surface area contributed by atoms with Crippen molar-refractivity contribution in [2.75, 3.05) is 55.9 Å². The molecule has 0 fully saturated rings. The molecular weight excluding hydrogens is 825 g/mol. The van der Waals surface area contributed by atoms with Crippen LogP contribution in [0.5, 0.6) is 0 Å². The Morgan fingerprint density at radius 3 is 0.908 bits per heavy atom. The lowest BCUT2D eigenvalue weighted by molar-refractivity contribution is -0.159. The van der Waals surface area contributed by atoms with Crippen LogP contribution in [0.2, 0.25) is 0 Å². The fourth-order valence-corrected chi connectivity index (χ4v) is 9.32. The number of carbonyl (C=O) groups is 7. The number of hydrogen-bond donors (Lipinski definition) is 2. The van der Waals surface area contributed by atoms with Gasteiger partial charge in [-0.15, -0.1) is 0 Å². The topological polar surface area (TPSA) is 163 Å². The summed E-state index contributed by atoms with van der Waals surface area (Å²) in [5.74, 6) is -4.73. The molecule has 0 spiro atoms. The number of rotatable bonds is 24. The average Bonchev–Trinajstić information content (AvgIpc) is 3.20. The third-order valence-electron chi connectivity index (χ3n) is 12.7. The fourth-order valence-electron chi connectivity index (χ4n) is 9.32. The maximum absolute atomic E-state index is 14.8. The van der Waals surface area contributed by atoms with Gasteiger partial charge in [0.25, 0.3) is 0 Å². The maximum Gasteiger partial charge on any atom is 0.246 e. The number of hydrogen-bond acceptors (Lipinski definition) is 8. The van der Waals surface area contributed by atoms with Crippen LogP contribution in [-0.4, -0.2) is 169 Å². The summed E-state index contributed by atoms with van der Waals surface area (Å²) in [6, 6.07) is 3.67. The molecule has 7 atom stereocenters. The largest absolute Gasteiger partial charge is 0.354 e. The zero-order valence-corrected chi connectivity index (χ0v) is 43.9. The highest BCUT2D eigenvalue weighted by molar-refractivity contribution is 5.97. The van der Waals surface area contributed by atoms with Gasteiger partial charge in [-0.2, -0.15) is 0 Å². The normalized spacial score (nSPS) is 15.1. The predicted octanol–water partition coefficient (Wildman–Crippen LogP) is 4.49. The van der Waals surface area contributed by atoms with Crippen LogP contribution in [0, 0.1) is 41.4 Å². The van der Waals surface area contributed by atoms with Gasteiger partial charge in [-0.1, -0.05) is 127 Å². The van der Waals surface area contributed by atoms with Gasteiger partial charge in [0, 0.05) is 48.8 Å². The lowest BCUT2D eigenvalue weighted by Crippen LogP contribution is -2.63. The van der Waals surface area contributed by atoms with Gasteiger partial charge in [-0.05, 0) is 60.5 Å². The molecule has 0 heterocycles. The summed E-state index contributed by atoms with van der Waals surface area (Å²) in [4.78, 5) is 109. The van der Waals surface area contributed by atoms with Crippen molar-refractivity contribution >= 4 is 41.4 Å². The van der Waals surface area contributed by atoms with E-state index in [1.165, 1.54) is 29.4 Å². The number of carbonyl (C=O) groups excluding carboxylic acids is 7. The number of nitrogens with one attached hydrogen (secondary N) is 2. The summed E-state index contributed by atoms with van der Waals surface area (Å²) in [5.41, 5.74) is 1.08. The molecule has 65 heavy (non-hydrogen) atoms. The van der Waals surface area contributed by atoms with Crippen molar-refractivity contribution in [3.63, 3.8) is 0 Å². The molecule has 0 radical (unpaired) electrons. The Labute approximate surface area is 392 Å². The van der Waals surface area contributed by atoms with Gasteiger partial charge in [-0.25, -0.2) is 0 Å². The summed E-state index contributed by atoms with van der Waals surface area (Å²) in [7, 11) is 11.1. The Kier molecular flexibility index (Phi) is 23.4. The Hall–Kier alpha value is -4.53. The Morgan fingerprint density at radius 2 is 0.662 bits per heavy atom. The summed E-state index contributed by atoms with van der Waals surface area (Å²) in [6.07, 6.45) is 0.635. The van der Waals surface area contributed by atoms with Crippen molar-refractivity contribution < 1.29 is 33.6 Å². The third kappa shape index (κ3) is 14.7. The lowest BCUT2D eigenvalue weighted by Gasteiger charge is -2.43. The highest BCUT2D eigenvalue weighted by atomic mass is 16.2. The van der Waals surface area contributed by atoms with Gasteiger partial charge < -0.3 is 40.0 Å². The SMILES string of the molecule is CN[C@H](C(=O)N(C)[C@H](C(=O)N(C)[C@H](C(=O)N(C)[C@H](C(=O)N(C)[C@H](C(=O)N(C)[C@H](C(=O)N(C)[C@H](C(=O)NCCc1ccccc1)C(C)C)C(C)C)C(C)C)C(C)C)C(C)C)C(C)C)C(C)C. The van der Waals surface area contributed by atoms with E-state index in [-0.39, 0.29) is 41.4 Å². The molecule has 1 aromatic carbocycles. The minimum absolute atomic E-state index is 0.0254. The monoisotopic (exact) mass is 913 g/mol. The summed E-state index contributed by atoms with van der Waals surface area (Å²) in [5, 5.41) is 6.06. The van der Waals surface area contributed by atoms with E-state index in [1.807, 2.05) is 127 Å². The maximum atomic E-state index is 14.8. The van der Waals surface area contributed by atoms with Crippen LogP contribution in [0.1, 0.15) is 102 Å². The third-order valence-corrected chi connectivity index (χ3v) is 12.7. The predicted molar refractivity (Wildman–Crippen MR) is 259 cm³/mol. The molecule has 0 aliphatic heterocycles. The molecule has 2 N–H and O–H groups in total. The minimum atomic E-state index is -1.02. The molecule has 0 saturated carbocycles. The second-order valence-corrected chi connectivity index (χ2v) is 20.4. The van der Waals surface area contributed by atoms with Crippen LogP contribution in [-0.2, 0) is 40.0 Å². The molecule has 0 unspecified atom stereocenters. The molecule has 370 valence electrons. The molecular formula is C50H88N8O7. The highest BCUT2D eigenvalue weighted by Gasteiger charge is 2.46. The Morgan fingerprint density at radius 1 is 0.400 bits per heavy atom. The fraction of sp³-hybridized carbons (Fsp3) is 0.740. The molecule has 0 aromatic heterocycles. The smallest absolute Gasteiger partial charge is 0.246 e. The minimum Gasteiger partial charge on any atom is -0.354 e. The van der Waals surface area contributed by atoms with E-state index in [1.54, 1.807) is 49.3 Å². The first-order valence-corrected chi connectivity index (χ1v) is 23.6. The van der Waals surface area contributed by atoms with Crippen molar-refractivity contribution in [1.29, 1.82) is 0 Å². The number of nitrogens with zero attached hydrogens (tertiary/aromatic N) is 6. The van der Waals surface area contributed by atoms with Crippen LogP contribution in [0.4, 0.5) is 0 Å². The average molecular weight is 913 g/mol. The van der Waals surface area contributed by atoms with Crippen molar-refractivity contribution in [2.45, 2.75) is 146 Å². The van der Waals surface area contributed by atoms with Gasteiger partial charge in [-0.3, -0.25) is 33.6 Å². The van der Waals surface area contributed by atoms with Gasteiger partial charge in [0.2, 0.25) is 41.4 Å². The van der Waals surface area contributed by atoms with Gasteiger partial charge >= 0.3 is 0 Å². The molecule has 1 aromatic rings. The van der Waals surface area contributed by atoms with Crippen molar-refractivity contribution in [2.24, 2.45) is 41.4 Å². The standard InChI is InChI=1S/C50H88N8O7/c1-29(2)37(51-15)45(60)54(17)39(31(5)6)47(62)56(19)41(33(9)10)49(64)58(21)43(35(13)14)50(65)57(20)42(34(11)12)48(63)55(18)40(32(7)8)46(61)53(16)38(30(3)4)44(59)52-28-27-36-25-23-22-24-26-36/h22-26,29-35,37-43,51H,27-28H2,1-21H3,(H,52,59)/t37-,38-,39-,40-,41-,42-,43-/m0/s1. The van der Waals surface area contributed by atoms with Gasteiger partial charge in [0.1, 0.15) is 36.3 Å². The van der Waals surface area contributed by atoms with Crippen molar-refractivity contribution in [3.05, 3.63) is 35.9 Å². The van der Waals surface area contributed by atoms with E-state index in [9.17, 15) is 33.6 Å². The first-order chi connectivity index (χ1) is 30.0. The molecule has 0 aliphatic carbocycles. The van der Waals surface area contributed by atoms with E-state index in [2.05, 4.69) is 10.6 Å². The molecule has 15 nitrogen and oxygen atoms in total. The molecule has 1 rings (SSSR count). The zero-order valence-electron chi connectivity index (χ0n) is 43.9. The van der Waals surface area contributed by atoms with Crippen molar-refractivity contribution in [3.8, 4) is 0 Å². The van der Waals surface area contributed by atoms with E-state index >= 15 is 0 Å². The Balaban J connectivity index is 3.51. The van der Waals surface area contributed by atoms with Crippen LogP contribution in [0.25, 0.3) is 0 Å². The highest BCUT2D eigenvalue weighted by Crippen LogP contribution is 2.26. The van der Waals surface area contributed by atoms with Crippen LogP contribution >= 0.6 is 0 Å². The second kappa shape index (κ2) is 26.0. The first-order valence-electron chi connectivity index (χ1n) is 23.6. The second-order valence-electron chi connectivity index (χ2n) is 20.4. The van der Waals surface area contributed by atoms with Gasteiger partial charge in [0.15, 0.2) is 0 Å². The van der Waals surface area contributed by atoms with E-state index in [0.717, 1.165) is 5.56 Å². The lowest BCUT2D eigenvalue weighted by atomic mass is 9.93. The van der Waals surface area contributed by atoms with Crippen LogP contribution in [0.15, 0.2) is 30.3 Å². The van der Waals surface area contributed by atoms with Gasteiger partial charge in [0.05, 0.1) is 6.04 Å². The summed E-state index contributed by atoms with van der Waals surface area (Å²) < 4.78 is 0. The molecule has 0 bridgehead atoms. The molecule has 0 aliphatic rings. The van der Waals surface area contributed by atoms with Crippen LogP contribution < -0.4 is 10.6 Å². The molecule has 15 heteroatoms. The first kappa shape index (κ1) is 58.5. The van der Waals surface area contributed by atoms with E-state index in [4.69, 9.17) is 0 Å². The quantitative estimate of drug-likeness (QED) is 0.154. The van der Waals surface area contributed by atoms with Crippen molar-refractivity contribution in [1.82, 2.24) is 40.0 Å². The van der Waals surface area contributed by atoms with Crippen LogP contribution in [0.3, 0.4) is 0 Å². The Bertz CT molecular complexity index is 1730. The van der Waals surface area contributed by atoms with E-state index in [0.29, 0.717) is 13.0 Å². The molecule has 0 saturated heterocycles. The number of likely N-dealkylation sites (N-methyl/N-ethyl adjacent to an activating group) is 7. The zero-order chi connectivity index (χ0) is 50.5. The summed E-state index contributed by atoms with van der Waals surface area (Å²) >= 11 is 0. The summed E-state index contributed by atoms with van der Waals surface area (Å²) in [6.45, 7) is 26.4. The molecule has 7 amide bonds. The van der Waals surface area contributed by atoms with E-state index < -0.39 is 83.7 Å². The number of amides is 7.